The molecule has 0 fully saturated rings. The van der Waals surface area contributed by atoms with Gasteiger partial charge < -0.3 is 15.5 Å². The lowest BCUT2D eigenvalue weighted by molar-refractivity contribution is -0.116. The molecule has 0 aliphatic heterocycles. The van der Waals surface area contributed by atoms with Crippen LogP contribution in [0.4, 0.5) is 17.1 Å². The number of thiophene rings is 1. The van der Waals surface area contributed by atoms with Gasteiger partial charge in [-0.2, -0.15) is 0 Å². The fourth-order valence-corrected chi connectivity index (χ4v) is 3.29. The minimum Gasteiger partial charge on any atom is -0.322 e. The minimum absolute atomic E-state index is 0.0833. The quantitative estimate of drug-likeness (QED) is 0.608. The van der Waals surface area contributed by atoms with Crippen molar-refractivity contribution in [3.63, 3.8) is 0 Å². The van der Waals surface area contributed by atoms with E-state index in [-0.39, 0.29) is 17.7 Å². The van der Waals surface area contributed by atoms with Crippen molar-refractivity contribution < 1.29 is 14.4 Å². The summed E-state index contributed by atoms with van der Waals surface area (Å²) in [5.41, 5.74) is 2.01. The van der Waals surface area contributed by atoms with Gasteiger partial charge in [-0.1, -0.05) is 17.7 Å². The lowest BCUT2D eigenvalue weighted by Crippen LogP contribution is -2.22. The number of benzene rings is 2. The molecule has 3 amide bonds. The number of nitrogens with one attached hydrogen (secondary N) is 2. The second-order valence-corrected chi connectivity index (χ2v) is 7.56. The van der Waals surface area contributed by atoms with Crippen LogP contribution in [0.3, 0.4) is 0 Å². The number of rotatable bonds is 5. The summed E-state index contributed by atoms with van der Waals surface area (Å²) < 4.78 is 0. The van der Waals surface area contributed by atoms with Crippen LogP contribution in [-0.2, 0) is 4.79 Å². The van der Waals surface area contributed by atoms with Crippen molar-refractivity contribution >= 4 is 57.7 Å². The zero-order valence-electron chi connectivity index (χ0n) is 15.7. The van der Waals surface area contributed by atoms with Gasteiger partial charge in [-0.3, -0.25) is 14.4 Å². The van der Waals surface area contributed by atoms with E-state index in [4.69, 9.17) is 11.6 Å². The van der Waals surface area contributed by atoms with E-state index in [0.717, 1.165) is 5.69 Å². The number of carbonyl (C=O) groups is 3. The molecule has 2 aromatic carbocycles. The number of halogens is 1. The number of carbonyl (C=O) groups excluding carboxylic acids is 3. The number of amides is 3. The molecule has 2 N–H and O–H groups in total. The topological polar surface area (TPSA) is 78.5 Å². The first kappa shape index (κ1) is 20.6. The van der Waals surface area contributed by atoms with E-state index in [1.54, 1.807) is 61.0 Å². The first-order valence-electron chi connectivity index (χ1n) is 8.65. The molecule has 0 spiro atoms. The minimum atomic E-state index is -0.346. The van der Waals surface area contributed by atoms with Crippen molar-refractivity contribution in [2.75, 3.05) is 22.6 Å². The van der Waals surface area contributed by atoms with Crippen LogP contribution in [0.5, 0.6) is 0 Å². The Bertz CT molecular complexity index is 1050. The molecule has 148 valence electrons. The van der Waals surface area contributed by atoms with Crippen LogP contribution in [0.25, 0.3) is 0 Å². The molecule has 3 aromatic rings. The summed E-state index contributed by atoms with van der Waals surface area (Å²) in [6.45, 7) is 1.48. The summed E-state index contributed by atoms with van der Waals surface area (Å²) in [4.78, 5) is 38.3. The van der Waals surface area contributed by atoms with Crippen LogP contribution in [0.15, 0.2) is 60.0 Å². The standard InChI is InChI=1S/C21H18ClN3O3S/c1-13(26)25(2)16-8-6-15(7-9-16)23-20(27)14-5-10-17(22)18(12-14)24-21(28)19-4-3-11-29-19/h3-12H,1-2H3,(H,23,27)(H,24,28). The fraction of sp³-hybridized carbons (Fsp3) is 0.0952. The highest BCUT2D eigenvalue weighted by Crippen LogP contribution is 2.25. The number of nitrogens with zero attached hydrogens (tertiary/aromatic N) is 1. The molecule has 3 rings (SSSR count). The van der Waals surface area contributed by atoms with E-state index in [9.17, 15) is 14.4 Å². The SMILES string of the molecule is CC(=O)N(C)c1ccc(NC(=O)c2ccc(Cl)c(NC(=O)c3cccs3)c2)cc1. The van der Waals surface area contributed by atoms with Crippen molar-refractivity contribution in [3.05, 3.63) is 75.4 Å². The predicted octanol–water partition coefficient (Wildman–Crippen LogP) is 4.89. The van der Waals surface area contributed by atoms with E-state index < -0.39 is 0 Å². The molecule has 0 bridgehead atoms. The van der Waals surface area contributed by atoms with Crippen molar-refractivity contribution in [2.45, 2.75) is 6.92 Å². The van der Waals surface area contributed by atoms with Crippen molar-refractivity contribution in [2.24, 2.45) is 0 Å². The number of hydrogen-bond donors (Lipinski definition) is 2. The molecular weight excluding hydrogens is 410 g/mol. The molecule has 1 aromatic heterocycles. The van der Waals surface area contributed by atoms with E-state index >= 15 is 0 Å². The fourth-order valence-electron chi connectivity index (χ4n) is 2.51. The largest absolute Gasteiger partial charge is 0.322 e. The van der Waals surface area contributed by atoms with E-state index in [2.05, 4.69) is 10.6 Å². The third-order valence-electron chi connectivity index (χ3n) is 4.21. The molecular formula is C21H18ClN3O3S. The Morgan fingerprint density at radius 1 is 0.966 bits per heavy atom. The number of anilines is 3. The van der Waals surface area contributed by atoms with Gasteiger partial charge in [-0.25, -0.2) is 0 Å². The normalized spacial score (nSPS) is 10.3. The molecule has 8 heteroatoms. The summed E-state index contributed by atoms with van der Waals surface area (Å²) in [7, 11) is 1.68. The van der Waals surface area contributed by atoms with Gasteiger partial charge in [0, 0.05) is 30.9 Å². The third kappa shape index (κ3) is 5.01. The monoisotopic (exact) mass is 427 g/mol. The average Bonchev–Trinajstić information content (AvgIpc) is 3.24. The highest BCUT2D eigenvalue weighted by Gasteiger charge is 2.13. The molecule has 0 saturated heterocycles. The Balaban J connectivity index is 1.72. The zero-order valence-corrected chi connectivity index (χ0v) is 17.3. The van der Waals surface area contributed by atoms with Gasteiger partial charge in [0.15, 0.2) is 0 Å². The Labute approximate surface area is 177 Å². The van der Waals surface area contributed by atoms with Crippen molar-refractivity contribution in [3.8, 4) is 0 Å². The van der Waals surface area contributed by atoms with Crippen LogP contribution in [0, 0.1) is 0 Å². The molecule has 6 nitrogen and oxygen atoms in total. The summed E-state index contributed by atoms with van der Waals surface area (Å²) in [5.74, 6) is -0.717. The van der Waals surface area contributed by atoms with Gasteiger partial charge >= 0.3 is 0 Å². The Morgan fingerprint density at radius 3 is 2.31 bits per heavy atom. The van der Waals surface area contributed by atoms with Crippen molar-refractivity contribution in [1.82, 2.24) is 0 Å². The molecule has 0 radical (unpaired) electrons. The zero-order chi connectivity index (χ0) is 21.0. The Kier molecular flexibility index (Phi) is 6.31. The van der Waals surface area contributed by atoms with Gasteiger partial charge in [0.1, 0.15) is 0 Å². The van der Waals surface area contributed by atoms with Crippen LogP contribution < -0.4 is 15.5 Å². The smallest absolute Gasteiger partial charge is 0.265 e. The Morgan fingerprint density at radius 2 is 1.69 bits per heavy atom. The van der Waals surface area contributed by atoms with E-state index in [1.807, 2.05) is 0 Å². The second kappa shape index (κ2) is 8.89. The maximum atomic E-state index is 12.6. The maximum absolute atomic E-state index is 12.6. The predicted molar refractivity (Wildman–Crippen MR) is 117 cm³/mol. The summed E-state index contributed by atoms with van der Waals surface area (Å²) in [5, 5.41) is 7.65. The van der Waals surface area contributed by atoms with Gasteiger partial charge in [-0.15, -0.1) is 11.3 Å². The summed E-state index contributed by atoms with van der Waals surface area (Å²) in [6.07, 6.45) is 0. The van der Waals surface area contributed by atoms with Crippen LogP contribution in [-0.4, -0.2) is 24.8 Å². The number of hydrogen-bond acceptors (Lipinski definition) is 4. The van der Waals surface area contributed by atoms with Crippen LogP contribution in [0.1, 0.15) is 27.0 Å². The summed E-state index contributed by atoms with van der Waals surface area (Å²) in [6, 6.07) is 15.1. The van der Waals surface area contributed by atoms with Crippen LogP contribution >= 0.6 is 22.9 Å². The first-order valence-corrected chi connectivity index (χ1v) is 9.91. The molecule has 0 saturated carbocycles. The van der Waals surface area contributed by atoms with E-state index in [1.165, 1.54) is 29.2 Å². The molecule has 0 aliphatic carbocycles. The average molecular weight is 428 g/mol. The lowest BCUT2D eigenvalue weighted by atomic mass is 10.1. The first-order chi connectivity index (χ1) is 13.8. The molecule has 29 heavy (non-hydrogen) atoms. The Hall–Kier alpha value is -3.16. The van der Waals surface area contributed by atoms with Gasteiger partial charge in [0.2, 0.25) is 5.91 Å². The maximum Gasteiger partial charge on any atom is 0.265 e. The van der Waals surface area contributed by atoms with Gasteiger partial charge in [-0.05, 0) is 53.9 Å². The summed E-state index contributed by atoms with van der Waals surface area (Å²) >= 11 is 7.48. The molecule has 0 atom stereocenters. The highest BCUT2D eigenvalue weighted by molar-refractivity contribution is 7.12. The van der Waals surface area contributed by atoms with E-state index in [0.29, 0.717) is 26.8 Å². The molecule has 0 aliphatic rings. The third-order valence-corrected chi connectivity index (χ3v) is 5.40. The van der Waals surface area contributed by atoms with Crippen molar-refractivity contribution in [1.29, 1.82) is 0 Å². The molecule has 1 heterocycles. The second-order valence-electron chi connectivity index (χ2n) is 6.21. The van der Waals surface area contributed by atoms with Crippen LogP contribution in [0.2, 0.25) is 5.02 Å². The van der Waals surface area contributed by atoms with Gasteiger partial charge in [0.05, 0.1) is 15.6 Å². The lowest BCUT2D eigenvalue weighted by Gasteiger charge is -2.15. The molecule has 0 unspecified atom stereocenters. The van der Waals surface area contributed by atoms with Gasteiger partial charge in [0.25, 0.3) is 11.8 Å². The highest BCUT2D eigenvalue weighted by atomic mass is 35.5.